The Bertz CT molecular complexity index is 3530. The zero-order chi connectivity index (χ0) is 42.2. The molecule has 1 aliphatic carbocycles. The van der Waals surface area contributed by atoms with E-state index in [4.69, 9.17) is 4.74 Å². The number of aromatic nitrogens is 1. The van der Waals surface area contributed by atoms with Crippen LogP contribution in [0.5, 0.6) is 11.5 Å². The van der Waals surface area contributed by atoms with Gasteiger partial charge in [-0.2, -0.15) is 0 Å². The molecule has 300 valence electrons. The van der Waals surface area contributed by atoms with E-state index in [1.54, 1.807) is 0 Å². The lowest BCUT2D eigenvalue weighted by Crippen LogP contribution is -2.28. The second-order valence-corrected chi connectivity index (χ2v) is 16.8. The summed E-state index contributed by atoms with van der Waals surface area (Å²) in [5.41, 5.74) is 18.5. The highest BCUT2D eigenvalue weighted by Crippen LogP contribution is 2.57. The molecule has 1 aromatic heterocycles. The Morgan fingerprint density at radius 2 is 0.938 bits per heavy atom. The monoisotopic (exact) mass is 816 g/mol. The molecule has 0 unspecified atom stereocenters. The average molecular weight is 817 g/mol. The molecule has 0 spiro atoms. The van der Waals surface area contributed by atoms with Crippen LogP contribution in [-0.2, 0) is 5.41 Å². The van der Waals surface area contributed by atoms with Crippen LogP contribution in [0.3, 0.4) is 0 Å². The molecule has 0 N–H and O–H groups in total. The molecule has 0 amide bonds. The fourth-order valence-corrected chi connectivity index (χ4v) is 10.7. The summed E-state index contributed by atoms with van der Waals surface area (Å²) in [6.45, 7) is 0. The molecule has 10 aromatic carbocycles. The molecule has 0 saturated heterocycles. The maximum absolute atomic E-state index is 6.38. The number of hydrogen-bond donors (Lipinski definition) is 0. The highest BCUT2D eigenvalue weighted by molar-refractivity contribution is 6.13. The van der Waals surface area contributed by atoms with Crippen molar-refractivity contribution in [1.82, 2.24) is 4.57 Å². The third-order valence-corrected chi connectivity index (χ3v) is 13.4. The van der Waals surface area contributed by atoms with Gasteiger partial charge in [-0.15, -0.1) is 0 Å². The predicted molar refractivity (Wildman–Crippen MR) is 264 cm³/mol. The lowest BCUT2D eigenvalue weighted by molar-refractivity contribution is 0.476. The normalized spacial score (nSPS) is 12.9. The van der Waals surface area contributed by atoms with Crippen LogP contribution in [-0.4, -0.2) is 4.57 Å². The van der Waals surface area contributed by atoms with Gasteiger partial charge in [0.25, 0.3) is 0 Å². The van der Waals surface area contributed by atoms with E-state index in [0.717, 1.165) is 45.3 Å². The fraction of sp³-hybridized carbons (Fsp3) is 0.0164. The molecule has 0 atom stereocenters. The van der Waals surface area contributed by atoms with Gasteiger partial charge in [0.1, 0.15) is 0 Å². The van der Waals surface area contributed by atoms with Crippen molar-refractivity contribution in [2.75, 3.05) is 4.90 Å². The van der Waals surface area contributed by atoms with Crippen molar-refractivity contribution >= 4 is 38.9 Å². The summed E-state index contributed by atoms with van der Waals surface area (Å²) in [7, 11) is 0. The van der Waals surface area contributed by atoms with Gasteiger partial charge in [-0.25, -0.2) is 0 Å². The van der Waals surface area contributed by atoms with Crippen LogP contribution in [0.2, 0.25) is 0 Å². The molecule has 64 heavy (non-hydrogen) atoms. The Balaban J connectivity index is 0.907. The minimum Gasteiger partial charge on any atom is -0.453 e. The van der Waals surface area contributed by atoms with Gasteiger partial charge < -0.3 is 14.2 Å². The van der Waals surface area contributed by atoms with E-state index >= 15 is 0 Å². The summed E-state index contributed by atoms with van der Waals surface area (Å²) in [5.74, 6) is 1.76. The zero-order valence-electron chi connectivity index (χ0n) is 34.9. The maximum Gasteiger partial charge on any atom is 0.152 e. The van der Waals surface area contributed by atoms with Crippen LogP contribution < -0.4 is 9.64 Å². The first kappa shape index (κ1) is 36.3. The van der Waals surface area contributed by atoms with Gasteiger partial charge in [0.05, 0.1) is 22.1 Å². The fourth-order valence-electron chi connectivity index (χ4n) is 10.7. The molecule has 11 aromatic rings. The molecule has 0 fully saturated rings. The number of fused-ring (bicyclic) bond motifs is 8. The summed E-state index contributed by atoms with van der Waals surface area (Å²) in [5, 5.41) is 2.41. The quantitative estimate of drug-likeness (QED) is 0.159. The molecule has 3 nitrogen and oxygen atoms in total. The van der Waals surface area contributed by atoms with E-state index in [1.165, 1.54) is 66.4 Å². The van der Waals surface area contributed by atoms with E-state index in [0.29, 0.717) is 0 Å². The van der Waals surface area contributed by atoms with Gasteiger partial charge in [-0.3, -0.25) is 0 Å². The number of benzene rings is 10. The second-order valence-electron chi connectivity index (χ2n) is 16.8. The van der Waals surface area contributed by atoms with Crippen LogP contribution in [0.4, 0.5) is 17.1 Å². The van der Waals surface area contributed by atoms with Crippen LogP contribution in [0.1, 0.15) is 22.3 Å². The summed E-state index contributed by atoms with van der Waals surface area (Å²) in [6, 6.07) is 88.3. The Hall–Kier alpha value is -8.40. The van der Waals surface area contributed by atoms with Crippen molar-refractivity contribution in [3.05, 3.63) is 265 Å². The Morgan fingerprint density at radius 3 is 1.72 bits per heavy atom. The lowest BCUT2D eigenvalue weighted by atomic mass is 9.67. The number of hydrogen-bond acceptors (Lipinski definition) is 2. The third-order valence-electron chi connectivity index (χ3n) is 13.4. The molecule has 3 heteroatoms. The van der Waals surface area contributed by atoms with Crippen molar-refractivity contribution < 1.29 is 4.74 Å². The van der Waals surface area contributed by atoms with E-state index in [1.807, 2.05) is 12.1 Å². The molecular weight excluding hydrogens is 777 g/mol. The van der Waals surface area contributed by atoms with Crippen LogP contribution in [0, 0.1) is 0 Å². The Morgan fingerprint density at radius 1 is 0.359 bits per heavy atom. The van der Waals surface area contributed by atoms with E-state index < -0.39 is 5.41 Å². The Labute approximate surface area is 372 Å². The molecule has 1 aliphatic heterocycles. The Kier molecular flexibility index (Phi) is 8.13. The van der Waals surface area contributed by atoms with Gasteiger partial charge in [-0.1, -0.05) is 176 Å². The minimum atomic E-state index is -0.486. The molecule has 0 bridgehead atoms. The van der Waals surface area contributed by atoms with Crippen molar-refractivity contribution in [3.8, 4) is 50.6 Å². The van der Waals surface area contributed by atoms with Gasteiger partial charge in [-0.05, 0) is 122 Å². The lowest BCUT2D eigenvalue weighted by Gasteiger charge is -2.35. The molecule has 0 saturated carbocycles. The van der Waals surface area contributed by atoms with E-state index in [9.17, 15) is 0 Å². The topological polar surface area (TPSA) is 17.4 Å². The predicted octanol–water partition coefficient (Wildman–Crippen LogP) is 16.1. The van der Waals surface area contributed by atoms with Gasteiger partial charge in [0, 0.05) is 27.8 Å². The smallest absolute Gasteiger partial charge is 0.152 e. The first-order valence-corrected chi connectivity index (χ1v) is 22.0. The van der Waals surface area contributed by atoms with Crippen LogP contribution in [0.15, 0.2) is 243 Å². The SMILES string of the molecule is c1ccc(N(c2ccc(-c3cccc(-c4ccc5c6cccc7c6n(c5c4)-c4ccccc4O7)c3)cc2)c2ccc3c(c2)C(c2ccccc2)(c2ccccc2)c2ccccc2-3)cc1. The first-order valence-electron chi connectivity index (χ1n) is 22.0. The zero-order valence-corrected chi connectivity index (χ0v) is 34.9. The standard InChI is InChI=1S/C61H40N2O/c1-4-18-45(19-5-1)61(46-20-6-2-7-21-46)54-26-11-10-24-50(54)51-37-35-49(40-55(51)61)62(47-22-8-3-9-23-47)48-33-30-41(31-34-48)42-16-14-17-43(38-42)44-32-36-52-53-25-15-29-59-60(53)63(57(52)39-44)56-27-12-13-28-58(56)64-59/h1-40H. The second kappa shape index (κ2) is 14.3. The summed E-state index contributed by atoms with van der Waals surface area (Å²) in [4.78, 5) is 2.39. The average Bonchev–Trinajstić information content (AvgIpc) is 3.86. The van der Waals surface area contributed by atoms with Crippen molar-refractivity contribution in [3.63, 3.8) is 0 Å². The van der Waals surface area contributed by atoms with Gasteiger partial charge >= 0.3 is 0 Å². The van der Waals surface area contributed by atoms with Crippen LogP contribution in [0.25, 0.3) is 60.9 Å². The van der Waals surface area contributed by atoms with Crippen molar-refractivity contribution in [1.29, 1.82) is 0 Å². The summed E-state index contributed by atoms with van der Waals surface area (Å²) in [6.07, 6.45) is 0. The number of anilines is 3. The number of rotatable bonds is 7. The number of ether oxygens (including phenoxy) is 1. The minimum absolute atomic E-state index is 0.486. The third kappa shape index (κ3) is 5.41. The molecule has 13 rings (SSSR count). The molecule has 2 heterocycles. The maximum atomic E-state index is 6.38. The molecule has 2 aliphatic rings. The number of para-hydroxylation sites is 4. The van der Waals surface area contributed by atoms with Gasteiger partial charge in [0.15, 0.2) is 11.5 Å². The number of nitrogens with zero attached hydrogens (tertiary/aromatic N) is 2. The molecule has 0 radical (unpaired) electrons. The largest absolute Gasteiger partial charge is 0.453 e. The van der Waals surface area contributed by atoms with Crippen LogP contribution >= 0.6 is 0 Å². The summed E-state index contributed by atoms with van der Waals surface area (Å²) >= 11 is 0. The van der Waals surface area contributed by atoms with Gasteiger partial charge in [0.2, 0.25) is 0 Å². The molecular formula is C61H40N2O. The van der Waals surface area contributed by atoms with E-state index in [2.05, 4.69) is 240 Å². The first-order chi connectivity index (χ1) is 31.7. The van der Waals surface area contributed by atoms with Crippen molar-refractivity contribution in [2.45, 2.75) is 5.41 Å². The highest BCUT2D eigenvalue weighted by Gasteiger charge is 2.46. The van der Waals surface area contributed by atoms with Crippen molar-refractivity contribution in [2.24, 2.45) is 0 Å². The highest BCUT2D eigenvalue weighted by atomic mass is 16.5. The summed E-state index contributed by atoms with van der Waals surface area (Å²) < 4.78 is 8.75. The van der Waals surface area contributed by atoms with E-state index in [-0.39, 0.29) is 0 Å².